The summed E-state index contributed by atoms with van der Waals surface area (Å²) in [5.74, 6) is 0.859. The molecular weight excluding hydrogens is 300 g/mol. The highest BCUT2D eigenvalue weighted by Gasteiger charge is 2.23. The van der Waals surface area contributed by atoms with Crippen LogP contribution in [0.1, 0.15) is 40.9 Å². The summed E-state index contributed by atoms with van der Waals surface area (Å²) in [4.78, 5) is 16.8. The van der Waals surface area contributed by atoms with Gasteiger partial charge in [-0.05, 0) is 48.9 Å². The second kappa shape index (κ2) is 6.59. The van der Waals surface area contributed by atoms with Gasteiger partial charge in [0, 0.05) is 26.2 Å². The third kappa shape index (κ3) is 2.98. The van der Waals surface area contributed by atoms with E-state index in [4.69, 9.17) is 0 Å². The Labute approximate surface area is 142 Å². The second-order valence-corrected chi connectivity index (χ2v) is 6.57. The molecule has 1 aromatic heterocycles. The standard InChI is InChI=1S/C19H22N4O/c24-19(23-13-10-15-6-2-3-7-16(15)14-23)17-8-9-18(21-20-17)22-11-4-1-5-12-22/h2-3,6-9H,1,4-5,10-14H2. The molecule has 0 bridgehead atoms. The first-order chi connectivity index (χ1) is 11.8. The molecule has 0 aliphatic carbocycles. The smallest absolute Gasteiger partial charge is 0.274 e. The van der Waals surface area contributed by atoms with Crippen molar-refractivity contribution in [2.45, 2.75) is 32.2 Å². The van der Waals surface area contributed by atoms with E-state index in [1.807, 2.05) is 23.1 Å². The Hall–Kier alpha value is -2.43. The van der Waals surface area contributed by atoms with Crippen molar-refractivity contribution in [1.29, 1.82) is 0 Å². The number of fused-ring (bicyclic) bond motifs is 1. The number of carbonyl (C=O) groups excluding carboxylic acids is 1. The van der Waals surface area contributed by atoms with Gasteiger partial charge in [0.05, 0.1) is 0 Å². The lowest BCUT2D eigenvalue weighted by atomic mass is 10.00. The van der Waals surface area contributed by atoms with E-state index in [9.17, 15) is 4.79 Å². The van der Waals surface area contributed by atoms with E-state index < -0.39 is 0 Å². The van der Waals surface area contributed by atoms with E-state index in [-0.39, 0.29) is 5.91 Å². The van der Waals surface area contributed by atoms with Gasteiger partial charge in [-0.25, -0.2) is 0 Å². The molecule has 5 heteroatoms. The third-order valence-electron chi connectivity index (χ3n) is 4.97. The lowest BCUT2D eigenvalue weighted by Crippen LogP contribution is -2.36. The van der Waals surface area contributed by atoms with Crippen LogP contribution in [0.4, 0.5) is 5.82 Å². The zero-order valence-corrected chi connectivity index (χ0v) is 13.8. The normalized spacial score (nSPS) is 17.5. The fourth-order valence-electron chi connectivity index (χ4n) is 3.56. The molecule has 1 fully saturated rings. The van der Waals surface area contributed by atoms with Gasteiger partial charge in [0.15, 0.2) is 11.5 Å². The highest BCUT2D eigenvalue weighted by molar-refractivity contribution is 5.92. The Morgan fingerprint density at radius 1 is 0.875 bits per heavy atom. The van der Waals surface area contributed by atoms with Gasteiger partial charge >= 0.3 is 0 Å². The van der Waals surface area contributed by atoms with Crippen molar-refractivity contribution in [1.82, 2.24) is 15.1 Å². The minimum Gasteiger partial charge on any atom is -0.355 e. The Kier molecular flexibility index (Phi) is 4.15. The number of carbonyl (C=O) groups is 1. The molecule has 5 nitrogen and oxygen atoms in total. The summed E-state index contributed by atoms with van der Waals surface area (Å²) in [5.41, 5.74) is 3.01. The topological polar surface area (TPSA) is 49.3 Å². The molecule has 124 valence electrons. The third-order valence-corrected chi connectivity index (χ3v) is 4.97. The summed E-state index contributed by atoms with van der Waals surface area (Å²) in [6.07, 6.45) is 4.60. The predicted octanol–water partition coefficient (Wildman–Crippen LogP) is 2.67. The predicted molar refractivity (Wildman–Crippen MR) is 93.0 cm³/mol. The van der Waals surface area contributed by atoms with Gasteiger partial charge in [-0.15, -0.1) is 10.2 Å². The van der Waals surface area contributed by atoms with Gasteiger partial charge in [-0.2, -0.15) is 0 Å². The molecule has 0 spiro atoms. The van der Waals surface area contributed by atoms with Crippen molar-refractivity contribution in [2.75, 3.05) is 24.5 Å². The van der Waals surface area contributed by atoms with Crippen LogP contribution in [-0.2, 0) is 13.0 Å². The minimum atomic E-state index is -0.0257. The van der Waals surface area contributed by atoms with E-state index in [0.29, 0.717) is 12.2 Å². The zero-order chi connectivity index (χ0) is 16.4. The summed E-state index contributed by atoms with van der Waals surface area (Å²) in [6.45, 7) is 3.46. The van der Waals surface area contributed by atoms with E-state index in [0.717, 1.165) is 31.9 Å². The maximum absolute atomic E-state index is 12.7. The lowest BCUT2D eigenvalue weighted by molar-refractivity contribution is 0.0727. The lowest BCUT2D eigenvalue weighted by Gasteiger charge is -2.29. The summed E-state index contributed by atoms with van der Waals surface area (Å²) in [5, 5.41) is 8.49. The monoisotopic (exact) mass is 322 g/mol. The van der Waals surface area contributed by atoms with Crippen LogP contribution in [0.2, 0.25) is 0 Å². The van der Waals surface area contributed by atoms with Gasteiger partial charge in [0.2, 0.25) is 0 Å². The quantitative estimate of drug-likeness (QED) is 0.853. The van der Waals surface area contributed by atoms with Gasteiger partial charge < -0.3 is 9.80 Å². The molecule has 1 amide bonds. The molecule has 0 N–H and O–H groups in total. The summed E-state index contributed by atoms with van der Waals surface area (Å²) in [7, 11) is 0. The largest absolute Gasteiger partial charge is 0.355 e. The molecule has 0 atom stereocenters. The minimum absolute atomic E-state index is 0.0257. The summed E-state index contributed by atoms with van der Waals surface area (Å²) >= 11 is 0. The van der Waals surface area contributed by atoms with Crippen molar-refractivity contribution in [3.63, 3.8) is 0 Å². The Balaban J connectivity index is 1.47. The first-order valence-corrected chi connectivity index (χ1v) is 8.76. The number of piperidine rings is 1. The molecule has 2 aliphatic heterocycles. The number of hydrogen-bond acceptors (Lipinski definition) is 4. The van der Waals surface area contributed by atoms with E-state index in [2.05, 4.69) is 33.3 Å². The Bertz CT molecular complexity index is 722. The maximum Gasteiger partial charge on any atom is 0.274 e. The number of rotatable bonds is 2. The van der Waals surface area contributed by atoms with E-state index in [1.54, 1.807) is 0 Å². The number of hydrogen-bond donors (Lipinski definition) is 0. The summed E-state index contributed by atoms with van der Waals surface area (Å²) < 4.78 is 0. The fraction of sp³-hybridized carbons (Fsp3) is 0.421. The second-order valence-electron chi connectivity index (χ2n) is 6.57. The van der Waals surface area contributed by atoms with Gasteiger partial charge in [-0.1, -0.05) is 24.3 Å². The van der Waals surface area contributed by atoms with E-state index >= 15 is 0 Å². The highest BCUT2D eigenvalue weighted by Crippen LogP contribution is 2.21. The molecule has 1 saturated heterocycles. The average molecular weight is 322 g/mol. The van der Waals surface area contributed by atoms with Crippen LogP contribution in [-0.4, -0.2) is 40.6 Å². The van der Waals surface area contributed by atoms with Crippen molar-refractivity contribution in [2.24, 2.45) is 0 Å². The van der Waals surface area contributed by atoms with Crippen molar-refractivity contribution < 1.29 is 4.79 Å². The molecule has 0 saturated carbocycles. The molecular formula is C19H22N4O. The van der Waals surface area contributed by atoms with Crippen LogP contribution in [0.25, 0.3) is 0 Å². The summed E-state index contributed by atoms with van der Waals surface area (Å²) in [6, 6.07) is 12.1. The van der Waals surface area contributed by atoms with Crippen LogP contribution in [0.5, 0.6) is 0 Å². The van der Waals surface area contributed by atoms with Crippen LogP contribution >= 0.6 is 0 Å². The number of anilines is 1. The molecule has 24 heavy (non-hydrogen) atoms. The SMILES string of the molecule is O=C(c1ccc(N2CCCCC2)nn1)N1CCc2ccccc2C1. The fourth-order valence-corrected chi connectivity index (χ4v) is 3.56. The molecule has 2 aromatic rings. The number of aromatic nitrogens is 2. The molecule has 2 aliphatic rings. The average Bonchev–Trinajstić information content (AvgIpc) is 2.68. The molecule has 0 unspecified atom stereocenters. The van der Waals surface area contributed by atoms with Crippen molar-refractivity contribution in [3.8, 4) is 0 Å². The van der Waals surface area contributed by atoms with Crippen molar-refractivity contribution in [3.05, 3.63) is 53.2 Å². The van der Waals surface area contributed by atoms with Gasteiger partial charge in [-0.3, -0.25) is 4.79 Å². The number of amides is 1. The van der Waals surface area contributed by atoms with Crippen LogP contribution < -0.4 is 4.90 Å². The van der Waals surface area contributed by atoms with Gasteiger partial charge in [0.1, 0.15) is 0 Å². The highest BCUT2D eigenvalue weighted by atomic mass is 16.2. The Morgan fingerprint density at radius 2 is 1.67 bits per heavy atom. The van der Waals surface area contributed by atoms with Gasteiger partial charge in [0.25, 0.3) is 5.91 Å². The zero-order valence-electron chi connectivity index (χ0n) is 13.8. The molecule has 4 rings (SSSR count). The Morgan fingerprint density at radius 3 is 2.42 bits per heavy atom. The van der Waals surface area contributed by atoms with Crippen LogP contribution in [0.15, 0.2) is 36.4 Å². The first-order valence-electron chi connectivity index (χ1n) is 8.76. The van der Waals surface area contributed by atoms with Crippen LogP contribution in [0.3, 0.4) is 0 Å². The van der Waals surface area contributed by atoms with Crippen molar-refractivity contribution >= 4 is 11.7 Å². The van der Waals surface area contributed by atoms with Crippen LogP contribution in [0, 0.1) is 0 Å². The molecule has 0 radical (unpaired) electrons. The maximum atomic E-state index is 12.7. The first kappa shape index (κ1) is 15.1. The number of nitrogens with zero attached hydrogens (tertiary/aromatic N) is 4. The number of benzene rings is 1. The molecule has 1 aromatic carbocycles. The van der Waals surface area contributed by atoms with E-state index in [1.165, 1.54) is 30.4 Å². The molecule has 3 heterocycles.